The highest BCUT2D eigenvalue weighted by molar-refractivity contribution is 5.36. The smallest absolute Gasteiger partial charge is 0.151 e. The Balaban J connectivity index is 2.27. The van der Waals surface area contributed by atoms with Crippen LogP contribution in [-0.4, -0.2) is 21.5 Å². The topological polar surface area (TPSA) is 42.7 Å². The highest BCUT2D eigenvalue weighted by Crippen LogP contribution is 2.15. The minimum absolute atomic E-state index is 0.257. The van der Waals surface area contributed by atoms with Crippen LogP contribution in [0.4, 0.5) is 4.39 Å². The quantitative estimate of drug-likeness (QED) is 0.877. The number of aromatic nitrogens is 3. The number of nitrogens with zero attached hydrogens (tertiary/aromatic N) is 3. The van der Waals surface area contributed by atoms with Crippen LogP contribution in [0, 0.1) is 12.7 Å². The Morgan fingerprint density at radius 1 is 1.41 bits per heavy atom. The zero-order chi connectivity index (χ0) is 12.3. The Hall–Kier alpha value is -1.75. The van der Waals surface area contributed by atoms with Gasteiger partial charge in [-0.15, -0.1) is 5.10 Å². The summed E-state index contributed by atoms with van der Waals surface area (Å²) in [7, 11) is 0. The number of hydrogen-bond donors (Lipinski definition) is 1. The van der Waals surface area contributed by atoms with Crippen molar-refractivity contribution in [2.24, 2.45) is 0 Å². The summed E-state index contributed by atoms with van der Waals surface area (Å²) in [5, 5.41) is 11.1. The molecule has 0 aliphatic carbocycles. The first-order valence-corrected chi connectivity index (χ1v) is 5.59. The van der Waals surface area contributed by atoms with Crippen molar-refractivity contribution in [2.75, 3.05) is 6.54 Å². The van der Waals surface area contributed by atoms with Crippen LogP contribution < -0.4 is 5.32 Å². The van der Waals surface area contributed by atoms with Crippen molar-refractivity contribution in [3.8, 4) is 5.69 Å². The van der Waals surface area contributed by atoms with E-state index in [0.717, 1.165) is 12.2 Å². The van der Waals surface area contributed by atoms with E-state index in [1.807, 2.05) is 6.92 Å². The summed E-state index contributed by atoms with van der Waals surface area (Å²) in [4.78, 5) is 0. The molecule has 90 valence electrons. The van der Waals surface area contributed by atoms with E-state index in [0.29, 0.717) is 17.8 Å². The first-order valence-electron chi connectivity index (χ1n) is 5.59. The number of halogens is 1. The maximum Gasteiger partial charge on any atom is 0.151 e. The van der Waals surface area contributed by atoms with E-state index < -0.39 is 0 Å². The molecule has 0 saturated heterocycles. The molecular weight excluding hydrogens is 219 g/mol. The lowest BCUT2D eigenvalue weighted by atomic mass is 10.2. The third-order valence-corrected chi connectivity index (χ3v) is 2.52. The van der Waals surface area contributed by atoms with Crippen molar-refractivity contribution >= 4 is 0 Å². The number of aryl methyl sites for hydroxylation is 1. The fourth-order valence-corrected chi connectivity index (χ4v) is 1.56. The summed E-state index contributed by atoms with van der Waals surface area (Å²) in [6.07, 6.45) is 1.74. The van der Waals surface area contributed by atoms with E-state index in [-0.39, 0.29) is 5.82 Å². The normalized spacial score (nSPS) is 10.8. The Morgan fingerprint density at radius 2 is 2.24 bits per heavy atom. The molecule has 1 N–H and O–H groups in total. The maximum absolute atomic E-state index is 13.8. The summed E-state index contributed by atoms with van der Waals surface area (Å²) in [6, 6.07) is 5.22. The SMILES string of the molecule is CCNCc1cn(-c2cccc(C)c2F)nn1. The van der Waals surface area contributed by atoms with Crippen molar-refractivity contribution in [2.45, 2.75) is 20.4 Å². The minimum Gasteiger partial charge on any atom is -0.311 e. The standard InChI is InChI=1S/C12H15FN4/c1-3-14-7-10-8-17(16-15-10)11-6-4-5-9(2)12(11)13/h4-6,8,14H,3,7H2,1-2H3. The van der Waals surface area contributed by atoms with E-state index in [2.05, 4.69) is 15.6 Å². The summed E-state index contributed by atoms with van der Waals surface area (Å²) < 4.78 is 15.3. The van der Waals surface area contributed by atoms with Crippen LogP contribution in [0.5, 0.6) is 0 Å². The molecule has 0 atom stereocenters. The molecule has 0 amide bonds. The van der Waals surface area contributed by atoms with Crippen molar-refractivity contribution < 1.29 is 4.39 Å². The fourth-order valence-electron chi connectivity index (χ4n) is 1.56. The van der Waals surface area contributed by atoms with Crippen molar-refractivity contribution in [3.05, 3.63) is 41.5 Å². The first-order chi connectivity index (χ1) is 8.22. The lowest BCUT2D eigenvalue weighted by Crippen LogP contribution is -2.11. The van der Waals surface area contributed by atoms with E-state index in [1.54, 1.807) is 31.3 Å². The van der Waals surface area contributed by atoms with Crippen LogP contribution in [0.3, 0.4) is 0 Å². The molecule has 1 aromatic carbocycles. The van der Waals surface area contributed by atoms with Crippen LogP contribution in [0.1, 0.15) is 18.2 Å². The molecule has 2 aromatic rings. The summed E-state index contributed by atoms with van der Waals surface area (Å²) in [6.45, 7) is 5.26. The van der Waals surface area contributed by atoms with Gasteiger partial charge in [-0.3, -0.25) is 0 Å². The second kappa shape index (κ2) is 5.05. The van der Waals surface area contributed by atoms with Crippen LogP contribution in [-0.2, 0) is 6.54 Å². The van der Waals surface area contributed by atoms with Gasteiger partial charge in [0.1, 0.15) is 5.69 Å². The molecule has 0 saturated carbocycles. The van der Waals surface area contributed by atoms with Gasteiger partial charge in [-0.25, -0.2) is 9.07 Å². The zero-order valence-corrected chi connectivity index (χ0v) is 9.94. The highest BCUT2D eigenvalue weighted by Gasteiger charge is 2.08. The molecule has 2 rings (SSSR count). The zero-order valence-electron chi connectivity index (χ0n) is 9.94. The Labute approximate surface area is 99.5 Å². The van der Waals surface area contributed by atoms with Gasteiger partial charge in [0.25, 0.3) is 0 Å². The predicted molar refractivity (Wildman–Crippen MR) is 63.4 cm³/mol. The molecule has 0 radical (unpaired) electrons. The van der Waals surface area contributed by atoms with Gasteiger partial charge in [0, 0.05) is 6.54 Å². The molecule has 0 aliphatic rings. The van der Waals surface area contributed by atoms with E-state index in [4.69, 9.17) is 0 Å². The van der Waals surface area contributed by atoms with Gasteiger partial charge >= 0.3 is 0 Å². The largest absolute Gasteiger partial charge is 0.311 e. The van der Waals surface area contributed by atoms with Gasteiger partial charge in [-0.2, -0.15) is 0 Å². The number of hydrogen-bond acceptors (Lipinski definition) is 3. The third kappa shape index (κ3) is 2.50. The molecule has 5 heteroatoms. The molecule has 17 heavy (non-hydrogen) atoms. The maximum atomic E-state index is 13.8. The molecule has 0 bridgehead atoms. The predicted octanol–water partition coefficient (Wildman–Crippen LogP) is 1.82. The summed E-state index contributed by atoms with van der Waals surface area (Å²) in [5.41, 5.74) is 1.83. The third-order valence-electron chi connectivity index (χ3n) is 2.52. The molecule has 0 unspecified atom stereocenters. The van der Waals surface area contributed by atoms with Crippen molar-refractivity contribution in [1.82, 2.24) is 20.3 Å². The van der Waals surface area contributed by atoms with Gasteiger partial charge in [-0.05, 0) is 25.1 Å². The van der Waals surface area contributed by atoms with E-state index >= 15 is 0 Å². The molecule has 1 heterocycles. The summed E-state index contributed by atoms with van der Waals surface area (Å²) >= 11 is 0. The number of rotatable bonds is 4. The first kappa shape index (κ1) is 11.7. The second-order valence-corrected chi connectivity index (χ2v) is 3.84. The van der Waals surface area contributed by atoms with Gasteiger partial charge in [-0.1, -0.05) is 24.3 Å². The monoisotopic (exact) mass is 234 g/mol. The molecule has 0 fully saturated rings. The minimum atomic E-state index is -0.257. The second-order valence-electron chi connectivity index (χ2n) is 3.84. The average Bonchev–Trinajstić information content (AvgIpc) is 2.78. The lowest BCUT2D eigenvalue weighted by molar-refractivity contribution is 0.598. The van der Waals surface area contributed by atoms with Gasteiger partial charge in [0.15, 0.2) is 5.82 Å². The Bertz CT molecular complexity index is 507. The average molecular weight is 234 g/mol. The molecule has 4 nitrogen and oxygen atoms in total. The van der Waals surface area contributed by atoms with Crippen molar-refractivity contribution in [3.63, 3.8) is 0 Å². The van der Waals surface area contributed by atoms with Crippen LogP contribution in [0.25, 0.3) is 5.69 Å². The van der Waals surface area contributed by atoms with Crippen LogP contribution in [0.15, 0.2) is 24.4 Å². The Kier molecular flexibility index (Phi) is 3.49. The van der Waals surface area contributed by atoms with E-state index in [9.17, 15) is 4.39 Å². The van der Waals surface area contributed by atoms with Gasteiger partial charge in [0.2, 0.25) is 0 Å². The van der Waals surface area contributed by atoms with E-state index in [1.165, 1.54) is 4.68 Å². The van der Waals surface area contributed by atoms with Gasteiger partial charge < -0.3 is 5.32 Å². The number of nitrogens with one attached hydrogen (secondary N) is 1. The molecule has 1 aromatic heterocycles. The molecule has 0 spiro atoms. The molecular formula is C12H15FN4. The molecule has 0 aliphatic heterocycles. The Morgan fingerprint density at radius 3 is 3.00 bits per heavy atom. The summed E-state index contributed by atoms with van der Waals surface area (Å²) in [5.74, 6) is -0.257. The van der Waals surface area contributed by atoms with Crippen molar-refractivity contribution in [1.29, 1.82) is 0 Å². The van der Waals surface area contributed by atoms with Crippen LogP contribution >= 0.6 is 0 Å². The van der Waals surface area contributed by atoms with Gasteiger partial charge in [0.05, 0.1) is 11.9 Å². The highest BCUT2D eigenvalue weighted by atomic mass is 19.1. The number of benzene rings is 1. The van der Waals surface area contributed by atoms with Crippen LogP contribution in [0.2, 0.25) is 0 Å². The fraction of sp³-hybridized carbons (Fsp3) is 0.333. The lowest BCUT2D eigenvalue weighted by Gasteiger charge is -2.03.